The van der Waals surface area contributed by atoms with Crippen LogP contribution in [-0.4, -0.2) is 64.1 Å². The van der Waals surface area contributed by atoms with Crippen molar-refractivity contribution in [1.29, 1.82) is 0 Å². The van der Waals surface area contributed by atoms with Crippen LogP contribution in [-0.2, 0) is 0 Å². The first-order valence-corrected chi connectivity index (χ1v) is 7.00. The molecule has 2 heterocycles. The molecule has 21 heavy (non-hydrogen) atoms. The summed E-state index contributed by atoms with van der Waals surface area (Å²) in [5.74, 6) is 0.711. The number of amides is 1. The van der Waals surface area contributed by atoms with Gasteiger partial charge in [0, 0.05) is 32.2 Å². The van der Waals surface area contributed by atoms with Crippen molar-refractivity contribution in [3.63, 3.8) is 0 Å². The lowest BCUT2D eigenvalue weighted by molar-refractivity contribution is 0.0598. The van der Waals surface area contributed by atoms with E-state index in [9.17, 15) is 4.79 Å². The average Bonchev–Trinajstić information content (AvgIpc) is 2.94. The van der Waals surface area contributed by atoms with Crippen LogP contribution in [0, 0.1) is 6.92 Å². The van der Waals surface area contributed by atoms with E-state index in [0.717, 1.165) is 6.42 Å². The van der Waals surface area contributed by atoms with Gasteiger partial charge in [-0.15, -0.1) is 0 Å². The van der Waals surface area contributed by atoms with Gasteiger partial charge in [-0.05, 0) is 13.3 Å². The summed E-state index contributed by atoms with van der Waals surface area (Å²) in [5.41, 5.74) is 6.04. The zero-order chi connectivity index (χ0) is 15.4. The number of rotatable bonds is 4. The van der Waals surface area contributed by atoms with E-state index in [1.807, 2.05) is 6.92 Å². The highest BCUT2D eigenvalue weighted by molar-refractivity contribution is 5.92. The summed E-state index contributed by atoms with van der Waals surface area (Å²) in [5, 5.41) is 15.7. The lowest BCUT2D eigenvalue weighted by Crippen LogP contribution is -2.55. The molecule has 0 saturated carbocycles. The Morgan fingerprint density at radius 3 is 2.67 bits per heavy atom. The Morgan fingerprint density at radius 2 is 2.19 bits per heavy atom. The topological polar surface area (TPSA) is 108 Å². The molecule has 1 unspecified atom stereocenters. The fraction of sp³-hybridized carbons (Fsp3) is 0.615. The van der Waals surface area contributed by atoms with E-state index in [2.05, 4.69) is 15.2 Å². The maximum Gasteiger partial charge on any atom is 0.276 e. The Morgan fingerprint density at radius 1 is 1.52 bits per heavy atom. The van der Waals surface area contributed by atoms with E-state index in [4.69, 9.17) is 15.5 Å². The summed E-state index contributed by atoms with van der Waals surface area (Å²) in [4.78, 5) is 16.1. The van der Waals surface area contributed by atoms with Crippen LogP contribution in [0.2, 0.25) is 0 Å². The molecular formula is C13H21N5O3. The summed E-state index contributed by atoms with van der Waals surface area (Å²) in [7, 11) is 0. The smallest absolute Gasteiger partial charge is 0.276 e. The first kappa shape index (κ1) is 15.3. The minimum absolute atomic E-state index is 0.0958. The van der Waals surface area contributed by atoms with Crippen LogP contribution in [0.1, 0.15) is 29.6 Å². The summed E-state index contributed by atoms with van der Waals surface area (Å²) < 4.78 is 4.93. The van der Waals surface area contributed by atoms with Gasteiger partial charge in [0.25, 0.3) is 5.91 Å². The van der Waals surface area contributed by atoms with Crippen molar-refractivity contribution < 1.29 is 14.5 Å². The lowest BCUT2D eigenvalue weighted by Gasteiger charge is -2.38. The standard InChI is InChI=1S/C13H21N5O3/c1-3-11(12(14)15-20)17-4-6-18(7-5-17)13(19)10-8-9(2)21-16-10/h8,11,20H,3-7H2,1-2H3,(H2,14,15). The van der Waals surface area contributed by atoms with Gasteiger partial charge in [0.2, 0.25) is 0 Å². The second kappa shape index (κ2) is 6.57. The number of aryl methyl sites for hydroxylation is 1. The number of amidine groups is 1. The highest BCUT2D eigenvalue weighted by Crippen LogP contribution is 2.13. The number of carbonyl (C=O) groups is 1. The summed E-state index contributed by atoms with van der Waals surface area (Å²) in [6.45, 7) is 6.26. The molecule has 8 heteroatoms. The third-order valence-electron chi connectivity index (χ3n) is 3.73. The predicted molar refractivity (Wildman–Crippen MR) is 76.2 cm³/mol. The minimum Gasteiger partial charge on any atom is -0.409 e. The number of hydrogen-bond donors (Lipinski definition) is 2. The van der Waals surface area contributed by atoms with Crippen LogP contribution in [0.4, 0.5) is 0 Å². The Balaban J connectivity index is 1.95. The molecule has 1 aromatic rings. The molecule has 116 valence electrons. The molecule has 1 amide bonds. The molecule has 0 aromatic carbocycles. The zero-order valence-electron chi connectivity index (χ0n) is 12.3. The number of nitrogens with two attached hydrogens (primary N) is 1. The monoisotopic (exact) mass is 295 g/mol. The van der Waals surface area contributed by atoms with Crippen LogP contribution < -0.4 is 5.73 Å². The molecule has 8 nitrogen and oxygen atoms in total. The average molecular weight is 295 g/mol. The predicted octanol–water partition coefficient (Wildman–Crippen LogP) is 0.266. The number of hydrogen-bond acceptors (Lipinski definition) is 6. The van der Waals surface area contributed by atoms with Crippen LogP contribution in [0.15, 0.2) is 15.7 Å². The third-order valence-corrected chi connectivity index (χ3v) is 3.73. The van der Waals surface area contributed by atoms with Crippen molar-refractivity contribution >= 4 is 11.7 Å². The van der Waals surface area contributed by atoms with E-state index in [1.54, 1.807) is 17.9 Å². The van der Waals surface area contributed by atoms with E-state index in [1.165, 1.54) is 0 Å². The normalized spacial score (nSPS) is 18.8. The molecule has 0 radical (unpaired) electrons. The van der Waals surface area contributed by atoms with Crippen molar-refractivity contribution in [2.24, 2.45) is 10.9 Å². The van der Waals surface area contributed by atoms with Gasteiger partial charge in [-0.2, -0.15) is 0 Å². The minimum atomic E-state index is -0.122. The Kier molecular flexibility index (Phi) is 4.79. The van der Waals surface area contributed by atoms with Crippen LogP contribution in [0.5, 0.6) is 0 Å². The maximum absolute atomic E-state index is 12.2. The number of carbonyl (C=O) groups excluding carboxylic acids is 1. The SMILES string of the molecule is CCC(C(N)=NO)N1CCN(C(=O)c2cc(C)on2)CC1. The van der Waals surface area contributed by atoms with Crippen molar-refractivity contribution in [3.8, 4) is 0 Å². The quantitative estimate of drug-likeness (QED) is 0.357. The van der Waals surface area contributed by atoms with E-state index < -0.39 is 0 Å². The van der Waals surface area contributed by atoms with Crippen LogP contribution in [0.25, 0.3) is 0 Å². The van der Waals surface area contributed by atoms with E-state index in [0.29, 0.717) is 37.6 Å². The molecule has 0 spiro atoms. The molecule has 1 fully saturated rings. The van der Waals surface area contributed by atoms with Gasteiger partial charge in [0.05, 0.1) is 6.04 Å². The van der Waals surface area contributed by atoms with Gasteiger partial charge in [-0.25, -0.2) is 0 Å². The summed E-state index contributed by atoms with van der Waals surface area (Å²) in [6.07, 6.45) is 0.756. The molecule has 0 bridgehead atoms. The number of oxime groups is 1. The molecule has 0 aliphatic carbocycles. The zero-order valence-corrected chi connectivity index (χ0v) is 12.3. The first-order valence-electron chi connectivity index (χ1n) is 7.00. The van der Waals surface area contributed by atoms with Gasteiger partial charge in [-0.1, -0.05) is 17.2 Å². The molecule has 1 aliphatic rings. The fourth-order valence-corrected chi connectivity index (χ4v) is 2.59. The number of nitrogens with zero attached hydrogens (tertiary/aromatic N) is 4. The summed E-state index contributed by atoms with van der Waals surface area (Å²) >= 11 is 0. The van der Waals surface area contributed by atoms with Crippen LogP contribution in [0.3, 0.4) is 0 Å². The Hall–Kier alpha value is -2.09. The van der Waals surface area contributed by atoms with Gasteiger partial charge in [0.15, 0.2) is 11.5 Å². The van der Waals surface area contributed by atoms with Gasteiger partial charge >= 0.3 is 0 Å². The third kappa shape index (κ3) is 3.33. The summed E-state index contributed by atoms with van der Waals surface area (Å²) in [6, 6.07) is 1.54. The largest absolute Gasteiger partial charge is 0.409 e. The Labute approximate surface area is 123 Å². The highest BCUT2D eigenvalue weighted by atomic mass is 16.5. The molecule has 1 atom stereocenters. The van der Waals surface area contributed by atoms with Crippen molar-refractivity contribution in [2.75, 3.05) is 26.2 Å². The second-order valence-corrected chi connectivity index (χ2v) is 5.10. The maximum atomic E-state index is 12.2. The van der Waals surface area contributed by atoms with Gasteiger partial charge < -0.3 is 20.4 Å². The van der Waals surface area contributed by atoms with Gasteiger partial charge in [0.1, 0.15) is 5.76 Å². The number of piperazine rings is 1. The second-order valence-electron chi connectivity index (χ2n) is 5.10. The van der Waals surface area contributed by atoms with E-state index in [-0.39, 0.29) is 17.8 Å². The highest BCUT2D eigenvalue weighted by Gasteiger charge is 2.28. The van der Waals surface area contributed by atoms with Crippen molar-refractivity contribution in [2.45, 2.75) is 26.3 Å². The fourth-order valence-electron chi connectivity index (χ4n) is 2.59. The molecule has 1 saturated heterocycles. The first-order chi connectivity index (χ1) is 10.1. The lowest BCUT2D eigenvalue weighted by atomic mass is 10.1. The molecule has 1 aliphatic heterocycles. The molecule has 2 rings (SSSR count). The van der Waals surface area contributed by atoms with Crippen LogP contribution >= 0.6 is 0 Å². The van der Waals surface area contributed by atoms with Crippen molar-refractivity contribution in [1.82, 2.24) is 15.0 Å². The molecule has 3 N–H and O–H groups in total. The van der Waals surface area contributed by atoms with E-state index >= 15 is 0 Å². The van der Waals surface area contributed by atoms with Crippen molar-refractivity contribution in [3.05, 3.63) is 17.5 Å². The van der Waals surface area contributed by atoms with Gasteiger partial charge in [-0.3, -0.25) is 9.69 Å². The molecule has 1 aromatic heterocycles. The Bertz CT molecular complexity index is 520. The number of aromatic nitrogens is 1. The molecular weight excluding hydrogens is 274 g/mol.